The number of pyridine rings is 1. The van der Waals surface area contributed by atoms with Gasteiger partial charge in [0.1, 0.15) is 0 Å². The zero-order valence-electron chi connectivity index (χ0n) is 6.81. The molecule has 0 saturated carbocycles. The first kappa shape index (κ1) is 11.0. The van der Waals surface area contributed by atoms with Gasteiger partial charge in [0.25, 0.3) is 6.43 Å². The number of alkyl halides is 3. The number of nitrogens with zero attached hydrogens (tertiary/aromatic N) is 1. The monoisotopic (exact) mass is 223 g/mol. The summed E-state index contributed by atoms with van der Waals surface area (Å²) in [5.74, 6) is -1.45. The number of aldehydes is 1. The third-order valence-electron chi connectivity index (χ3n) is 1.67. The molecule has 1 aromatic heterocycles. The van der Waals surface area contributed by atoms with Gasteiger partial charge in [-0.2, -0.15) is 4.39 Å². The highest BCUT2D eigenvalue weighted by Gasteiger charge is 2.21. The minimum Gasteiger partial charge on any atom is -0.298 e. The molecule has 14 heavy (non-hydrogen) atoms. The van der Waals surface area contributed by atoms with Gasteiger partial charge in [0.2, 0.25) is 5.95 Å². The highest BCUT2D eigenvalue weighted by molar-refractivity contribution is 6.17. The molecule has 0 aliphatic carbocycles. The molecule has 0 aliphatic heterocycles. The lowest BCUT2D eigenvalue weighted by atomic mass is 10.1. The lowest BCUT2D eigenvalue weighted by Crippen LogP contribution is -2.04. The van der Waals surface area contributed by atoms with Crippen LogP contribution in [0.1, 0.15) is 27.9 Å². The van der Waals surface area contributed by atoms with Crippen LogP contribution < -0.4 is 0 Å². The molecule has 0 atom stereocenters. The fourth-order valence-electron chi connectivity index (χ4n) is 1.03. The standard InChI is InChI=1S/C8H5ClF3NO/c9-1-4-2-13-8(12)5(3-14)6(4)7(10)11/h2-3,7H,1H2. The van der Waals surface area contributed by atoms with Gasteiger partial charge < -0.3 is 0 Å². The Morgan fingerprint density at radius 2 is 2.21 bits per heavy atom. The second-order valence-corrected chi connectivity index (χ2v) is 2.72. The number of carbonyl (C=O) groups is 1. The molecule has 0 unspecified atom stereocenters. The molecule has 2 nitrogen and oxygen atoms in total. The second kappa shape index (κ2) is 4.41. The van der Waals surface area contributed by atoms with E-state index in [9.17, 15) is 18.0 Å². The summed E-state index contributed by atoms with van der Waals surface area (Å²) in [7, 11) is 0. The van der Waals surface area contributed by atoms with Crippen molar-refractivity contribution in [1.82, 2.24) is 4.98 Å². The Kier molecular flexibility index (Phi) is 3.46. The van der Waals surface area contributed by atoms with Crippen molar-refractivity contribution < 1.29 is 18.0 Å². The van der Waals surface area contributed by atoms with E-state index in [1.54, 1.807) is 0 Å². The van der Waals surface area contributed by atoms with Gasteiger partial charge in [-0.05, 0) is 5.56 Å². The van der Waals surface area contributed by atoms with Crippen molar-refractivity contribution in [1.29, 1.82) is 0 Å². The molecule has 6 heteroatoms. The Bertz CT molecular complexity index is 357. The van der Waals surface area contributed by atoms with Crippen LogP contribution in [0, 0.1) is 5.95 Å². The van der Waals surface area contributed by atoms with Crippen LogP contribution in [-0.2, 0) is 5.88 Å². The normalized spacial score (nSPS) is 10.6. The van der Waals surface area contributed by atoms with E-state index < -0.39 is 23.5 Å². The van der Waals surface area contributed by atoms with E-state index in [0.29, 0.717) is 0 Å². The van der Waals surface area contributed by atoms with Crippen molar-refractivity contribution in [2.75, 3.05) is 0 Å². The fraction of sp³-hybridized carbons (Fsp3) is 0.250. The lowest BCUT2D eigenvalue weighted by Gasteiger charge is -2.08. The zero-order chi connectivity index (χ0) is 10.7. The van der Waals surface area contributed by atoms with E-state index in [4.69, 9.17) is 11.6 Å². The molecule has 0 radical (unpaired) electrons. The molecule has 1 heterocycles. The van der Waals surface area contributed by atoms with Crippen LogP contribution in [0.5, 0.6) is 0 Å². The van der Waals surface area contributed by atoms with Gasteiger partial charge in [0, 0.05) is 17.6 Å². The highest BCUT2D eigenvalue weighted by Crippen LogP contribution is 2.27. The quantitative estimate of drug-likeness (QED) is 0.448. The Hall–Kier alpha value is -1.10. The van der Waals surface area contributed by atoms with E-state index in [2.05, 4.69) is 4.98 Å². The summed E-state index contributed by atoms with van der Waals surface area (Å²) in [6.07, 6.45) is -2.03. The molecular formula is C8H5ClF3NO. The van der Waals surface area contributed by atoms with Crippen LogP contribution in [0.2, 0.25) is 0 Å². The Balaban J connectivity index is 3.43. The summed E-state index contributed by atoms with van der Waals surface area (Å²) >= 11 is 5.35. The summed E-state index contributed by atoms with van der Waals surface area (Å²) in [6, 6.07) is 0. The van der Waals surface area contributed by atoms with Crippen molar-refractivity contribution in [2.45, 2.75) is 12.3 Å². The van der Waals surface area contributed by atoms with Crippen LogP contribution in [0.25, 0.3) is 0 Å². The maximum atomic E-state index is 12.8. The van der Waals surface area contributed by atoms with E-state index in [1.807, 2.05) is 0 Å². The molecule has 0 aromatic carbocycles. The Morgan fingerprint density at radius 1 is 1.57 bits per heavy atom. The number of hydrogen-bond acceptors (Lipinski definition) is 2. The van der Waals surface area contributed by atoms with Crippen LogP contribution in [0.3, 0.4) is 0 Å². The maximum absolute atomic E-state index is 12.8. The number of rotatable bonds is 3. The van der Waals surface area contributed by atoms with Crippen molar-refractivity contribution in [3.8, 4) is 0 Å². The average molecular weight is 224 g/mol. The zero-order valence-corrected chi connectivity index (χ0v) is 7.56. The number of aromatic nitrogens is 1. The van der Waals surface area contributed by atoms with E-state index in [0.717, 1.165) is 6.20 Å². The SMILES string of the molecule is O=Cc1c(F)ncc(CCl)c1C(F)F. The molecule has 0 bridgehead atoms. The van der Waals surface area contributed by atoms with Gasteiger partial charge >= 0.3 is 0 Å². The van der Waals surface area contributed by atoms with Crippen LogP contribution in [0.15, 0.2) is 6.20 Å². The summed E-state index contributed by atoms with van der Waals surface area (Å²) in [6.45, 7) is 0. The second-order valence-electron chi connectivity index (χ2n) is 2.45. The summed E-state index contributed by atoms with van der Waals surface area (Å²) in [4.78, 5) is 13.5. The number of hydrogen-bond donors (Lipinski definition) is 0. The minimum absolute atomic E-state index is 0.0138. The number of carbonyl (C=O) groups excluding carboxylic acids is 1. The largest absolute Gasteiger partial charge is 0.298 e. The summed E-state index contributed by atoms with van der Waals surface area (Å²) in [5.41, 5.74) is -1.44. The predicted octanol–water partition coefficient (Wildman–Crippen LogP) is 2.71. The smallest absolute Gasteiger partial charge is 0.265 e. The lowest BCUT2D eigenvalue weighted by molar-refractivity contribution is 0.110. The molecule has 0 spiro atoms. The first-order valence-electron chi connectivity index (χ1n) is 3.58. The van der Waals surface area contributed by atoms with Crippen LogP contribution in [0.4, 0.5) is 13.2 Å². The van der Waals surface area contributed by atoms with Gasteiger partial charge in [-0.15, -0.1) is 11.6 Å². The third-order valence-corrected chi connectivity index (χ3v) is 1.96. The topological polar surface area (TPSA) is 30.0 Å². The summed E-state index contributed by atoms with van der Waals surface area (Å²) < 4.78 is 37.7. The van der Waals surface area contributed by atoms with Gasteiger partial charge in [-0.25, -0.2) is 13.8 Å². The minimum atomic E-state index is -2.94. The van der Waals surface area contributed by atoms with Crippen molar-refractivity contribution in [3.05, 3.63) is 28.8 Å². The third kappa shape index (κ3) is 1.87. The van der Waals surface area contributed by atoms with Crippen molar-refractivity contribution >= 4 is 17.9 Å². The van der Waals surface area contributed by atoms with Crippen LogP contribution >= 0.6 is 11.6 Å². The number of halogens is 4. The molecule has 1 rings (SSSR count). The molecule has 0 fully saturated rings. The fourth-order valence-corrected chi connectivity index (χ4v) is 1.25. The first-order valence-corrected chi connectivity index (χ1v) is 4.11. The molecule has 0 N–H and O–H groups in total. The van der Waals surface area contributed by atoms with Gasteiger partial charge in [-0.1, -0.05) is 0 Å². The van der Waals surface area contributed by atoms with E-state index >= 15 is 0 Å². The molecule has 1 aromatic rings. The van der Waals surface area contributed by atoms with Crippen molar-refractivity contribution in [2.24, 2.45) is 0 Å². The van der Waals surface area contributed by atoms with Crippen LogP contribution in [-0.4, -0.2) is 11.3 Å². The molecule has 0 aliphatic rings. The maximum Gasteiger partial charge on any atom is 0.265 e. The van der Waals surface area contributed by atoms with Gasteiger partial charge in [-0.3, -0.25) is 4.79 Å². The van der Waals surface area contributed by atoms with Crippen molar-refractivity contribution in [3.63, 3.8) is 0 Å². The van der Waals surface area contributed by atoms with Gasteiger partial charge in [0.15, 0.2) is 6.29 Å². The Morgan fingerprint density at radius 3 is 2.64 bits per heavy atom. The van der Waals surface area contributed by atoms with Gasteiger partial charge in [0.05, 0.1) is 5.56 Å². The average Bonchev–Trinajstić information content (AvgIpc) is 2.17. The van der Waals surface area contributed by atoms with E-state index in [1.165, 1.54) is 0 Å². The Labute approximate surface area is 82.7 Å². The van der Waals surface area contributed by atoms with E-state index in [-0.39, 0.29) is 17.7 Å². The summed E-state index contributed by atoms with van der Waals surface area (Å²) in [5, 5.41) is 0. The molecule has 0 saturated heterocycles. The molecule has 76 valence electrons. The molecule has 0 amide bonds. The predicted molar refractivity (Wildman–Crippen MR) is 44.1 cm³/mol. The highest BCUT2D eigenvalue weighted by atomic mass is 35.5. The molecular weight excluding hydrogens is 219 g/mol. The first-order chi connectivity index (χ1) is 6.61.